The minimum atomic E-state index is -4.21. The van der Waals surface area contributed by atoms with Gasteiger partial charge in [0.25, 0.3) is 15.7 Å². The highest BCUT2D eigenvalue weighted by atomic mass is 32.2. The first-order chi connectivity index (χ1) is 14.2. The fourth-order valence-electron chi connectivity index (χ4n) is 2.53. The summed E-state index contributed by atoms with van der Waals surface area (Å²) in [5, 5.41) is 10.7. The second kappa shape index (κ2) is 9.54. The summed E-state index contributed by atoms with van der Waals surface area (Å²) in [5.74, 6) is -1.71. The second-order valence-electron chi connectivity index (χ2n) is 5.88. The van der Waals surface area contributed by atoms with Crippen molar-refractivity contribution < 1.29 is 32.5 Å². The van der Waals surface area contributed by atoms with E-state index in [-0.39, 0.29) is 34.7 Å². The van der Waals surface area contributed by atoms with Crippen LogP contribution in [0.4, 0.5) is 5.69 Å². The first kappa shape index (κ1) is 22.4. The van der Waals surface area contributed by atoms with Crippen molar-refractivity contribution in [3.63, 3.8) is 0 Å². The number of hydrogen-bond acceptors (Lipinski definition) is 7. The van der Waals surface area contributed by atoms with E-state index >= 15 is 0 Å². The standard InChI is InChI=1S/C18H16N4O7S/c1-29-18(24)17(20-19)15-5-3-2-4-12(15)6-11-16(23)21-30(27,28)14-9-7-13(8-10-14)22(25)26/h2-5,7-10H,6,11H2,1H3,(H,21,23). The molecule has 2 aromatic rings. The SMILES string of the molecule is COC(=O)C(=[N+]=[N-])c1ccccc1CCC(=O)NS(=O)(=O)c1ccc([N+](=O)[O-])cc1. The monoisotopic (exact) mass is 432 g/mol. The van der Waals surface area contributed by atoms with Crippen molar-refractivity contribution in [2.24, 2.45) is 0 Å². The molecule has 0 atom stereocenters. The number of non-ortho nitro benzene ring substituents is 1. The molecule has 2 rings (SSSR count). The number of methoxy groups -OCH3 is 1. The molecular formula is C18H16N4O7S. The molecule has 0 aliphatic carbocycles. The molecule has 12 heteroatoms. The fourth-order valence-corrected chi connectivity index (χ4v) is 3.54. The zero-order valence-electron chi connectivity index (χ0n) is 15.6. The fraction of sp³-hybridized carbons (Fsp3) is 0.167. The average Bonchev–Trinajstić information content (AvgIpc) is 2.73. The van der Waals surface area contributed by atoms with E-state index in [1.54, 1.807) is 18.2 Å². The minimum Gasteiger partial charge on any atom is -0.460 e. The summed E-state index contributed by atoms with van der Waals surface area (Å²) < 4.78 is 31.0. The lowest BCUT2D eigenvalue weighted by atomic mass is 9.99. The van der Waals surface area contributed by atoms with Gasteiger partial charge in [-0.2, -0.15) is 4.79 Å². The van der Waals surface area contributed by atoms with E-state index < -0.39 is 26.8 Å². The first-order valence-electron chi connectivity index (χ1n) is 8.38. The number of sulfonamides is 1. The molecule has 0 fully saturated rings. The normalized spacial score (nSPS) is 10.6. The number of benzene rings is 2. The van der Waals surface area contributed by atoms with Crippen molar-refractivity contribution >= 4 is 33.3 Å². The van der Waals surface area contributed by atoms with E-state index in [0.717, 1.165) is 31.4 Å². The smallest absolute Gasteiger partial charge is 0.422 e. The van der Waals surface area contributed by atoms with Crippen LogP contribution in [0.2, 0.25) is 0 Å². The maximum absolute atomic E-state index is 12.3. The summed E-state index contributed by atoms with van der Waals surface area (Å²) in [5.41, 5.74) is 9.15. The third kappa shape index (κ3) is 5.34. The summed E-state index contributed by atoms with van der Waals surface area (Å²) in [6.07, 6.45) is -0.225. The molecule has 2 aromatic carbocycles. The molecule has 156 valence electrons. The Labute approximate surface area is 171 Å². The number of esters is 1. The van der Waals surface area contributed by atoms with Gasteiger partial charge in [-0.05, 0) is 30.2 Å². The zero-order valence-corrected chi connectivity index (χ0v) is 16.5. The van der Waals surface area contributed by atoms with E-state index in [4.69, 9.17) is 5.53 Å². The number of aryl methyl sites for hydroxylation is 1. The number of carbonyl (C=O) groups excluding carboxylic acids is 2. The number of amides is 1. The molecular weight excluding hydrogens is 416 g/mol. The molecule has 1 amide bonds. The first-order valence-corrected chi connectivity index (χ1v) is 9.86. The Kier molecular flexibility index (Phi) is 7.13. The number of hydrogen-bond donors (Lipinski definition) is 1. The summed E-state index contributed by atoms with van der Waals surface area (Å²) in [7, 11) is -3.10. The molecule has 0 saturated heterocycles. The van der Waals surface area contributed by atoms with Gasteiger partial charge in [-0.3, -0.25) is 14.9 Å². The predicted octanol–water partition coefficient (Wildman–Crippen LogP) is 1.22. The summed E-state index contributed by atoms with van der Waals surface area (Å²) in [6, 6.07) is 10.4. The summed E-state index contributed by atoms with van der Waals surface area (Å²) in [4.78, 5) is 36.5. The van der Waals surface area contributed by atoms with Crippen LogP contribution in [0, 0.1) is 10.1 Å². The number of nitro benzene ring substituents is 1. The van der Waals surface area contributed by atoms with Gasteiger partial charge in [0.1, 0.15) is 0 Å². The molecule has 11 nitrogen and oxygen atoms in total. The average molecular weight is 432 g/mol. The summed E-state index contributed by atoms with van der Waals surface area (Å²) in [6.45, 7) is 0. The number of nitrogens with zero attached hydrogens (tertiary/aromatic N) is 3. The number of rotatable bonds is 8. The number of nitro groups is 1. The summed E-state index contributed by atoms with van der Waals surface area (Å²) >= 11 is 0. The maximum Gasteiger partial charge on any atom is 0.422 e. The van der Waals surface area contributed by atoms with Crippen LogP contribution in [-0.2, 0) is 30.8 Å². The number of carbonyl (C=O) groups is 2. The van der Waals surface area contributed by atoms with E-state index in [9.17, 15) is 28.1 Å². The molecule has 0 bridgehead atoms. The molecule has 0 aromatic heterocycles. The number of nitrogens with one attached hydrogen (secondary N) is 1. The van der Waals surface area contributed by atoms with E-state index in [1.165, 1.54) is 6.07 Å². The highest BCUT2D eigenvalue weighted by Crippen LogP contribution is 2.16. The second-order valence-corrected chi connectivity index (χ2v) is 7.56. The van der Waals surface area contributed by atoms with Crippen molar-refractivity contribution in [3.05, 3.63) is 75.3 Å². The van der Waals surface area contributed by atoms with Gasteiger partial charge in [0.15, 0.2) is 0 Å². The van der Waals surface area contributed by atoms with Crippen molar-refractivity contribution in [1.29, 1.82) is 0 Å². The van der Waals surface area contributed by atoms with Crippen LogP contribution in [0.3, 0.4) is 0 Å². The molecule has 30 heavy (non-hydrogen) atoms. The molecule has 0 aliphatic rings. The van der Waals surface area contributed by atoms with Crippen molar-refractivity contribution in [1.82, 2.24) is 4.72 Å². The molecule has 0 heterocycles. The highest BCUT2D eigenvalue weighted by molar-refractivity contribution is 7.90. The van der Waals surface area contributed by atoms with Gasteiger partial charge in [0.05, 0.1) is 22.5 Å². The topological polar surface area (TPSA) is 169 Å². The molecule has 0 radical (unpaired) electrons. The third-order valence-corrected chi connectivity index (χ3v) is 5.37. The molecule has 0 unspecified atom stereocenters. The van der Waals surface area contributed by atoms with Gasteiger partial charge in [-0.1, -0.05) is 18.2 Å². The third-order valence-electron chi connectivity index (χ3n) is 3.98. The maximum atomic E-state index is 12.3. The Morgan fingerprint density at radius 3 is 2.37 bits per heavy atom. The van der Waals surface area contributed by atoms with Gasteiger partial charge >= 0.3 is 11.7 Å². The van der Waals surface area contributed by atoms with Crippen molar-refractivity contribution in [2.45, 2.75) is 17.7 Å². The van der Waals surface area contributed by atoms with Gasteiger partial charge in [0.2, 0.25) is 5.91 Å². The Morgan fingerprint density at radius 2 is 1.80 bits per heavy atom. The van der Waals surface area contributed by atoms with E-state index in [1.807, 2.05) is 4.72 Å². The lowest BCUT2D eigenvalue weighted by Crippen LogP contribution is -2.31. The minimum absolute atomic E-state index is 0.0355. The largest absolute Gasteiger partial charge is 0.460 e. The Hall–Kier alpha value is -3.89. The Bertz CT molecular complexity index is 1140. The highest BCUT2D eigenvalue weighted by Gasteiger charge is 2.26. The van der Waals surface area contributed by atoms with Crippen LogP contribution in [-0.4, -0.2) is 42.8 Å². The van der Waals surface area contributed by atoms with Crippen molar-refractivity contribution in [3.8, 4) is 0 Å². The molecule has 0 saturated carbocycles. The molecule has 0 spiro atoms. The van der Waals surface area contributed by atoms with Gasteiger partial charge in [-0.15, -0.1) is 0 Å². The lowest BCUT2D eigenvalue weighted by Gasteiger charge is -2.08. The zero-order chi connectivity index (χ0) is 22.3. The van der Waals surface area contributed by atoms with Crippen LogP contribution in [0.5, 0.6) is 0 Å². The lowest BCUT2D eigenvalue weighted by molar-refractivity contribution is -0.384. The molecule has 1 N–H and O–H groups in total. The van der Waals surface area contributed by atoms with Gasteiger partial charge in [-0.25, -0.2) is 17.9 Å². The quantitative estimate of drug-likeness (QED) is 0.163. The van der Waals surface area contributed by atoms with Gasteiger partial charge in [0, 0.05) is 18.6 Å². The van der Waals surface area contributed by atoms with E-state index in [2.05, 4.69) is 9.53 Å². The van der Waals surface area contributed by atoms with Gasteiger partial charge < -0.3 is 10.3 Å². The Morgan fingerprint density at radius 1 is 1.17 bits per heavy atom. The Balaban J connectivity index is 2.12. The van der Waals surface area contributed by atoms with Crippen LogP contribution >= 0.6 is 0 Å². The van der Waals surface area contributed by atoms with Crippen molar-refractivity contribution in [2.75, 3.05) is 7.11 Å². The number of ether oxygens (including phenoxy) is 1. The van der Waals surface area contributed by atoms with Crippen LogP contribution in [0.25, 0.3) is 5.53 Å². The van der Waals surface area contributed by atoms with Crippen LogP contribution in [0.15, 0.2) is 53.4 Å². The van der Waals surface area contributed by atoms with Crippen LogP contribution < -0.4 is 4.72 Å². The van der Waals surface area contributed by atoms with E-state index in [0.29, 0.717) is 5.56 Å². The predicted molar refractivity (Wildman–Crippen MR) is 103 cm³/mol. The molecule has 0 aliphatic heterocycles. The van der Waals surface area contributed by atoms with Crippen LogP contribution in [0.1, 0.15) is 17.5 Å².